The zero-order valence-corrected chi connectivity index (χ0v) is 25.9. The number of piperazine rings is 1. The van der Waals surface area contributed by atoms with Crippen molar-refractivity contribution in [3.63, 3.8) is 0 Å². The fourth-order valence-electron chi connectivity index (χ4n) is 5.49. The highest BCUT2D eigenvalue weighted by Gasteiger charge is 2.34. The Morgan fingerprint density at radius 1 is 0.867 bits per heavy atom. The van der Waals surface area contributed by atoms with Gasteiger partial charge in [0.2, 0.25) is 0 Å². The maximum Gasteiger partial charge on any atom is 0.406 e. The number of methoxy groups -OCH3 is 1. The number of benzene rings is 2. The van der Waals surface area contributed by atoms with Crippen LogP contribution < -0.4 is 16.0 Å². The summed E-state index contributed by atoms with van der Waals surface area (Å²) in [5.41, 5.74) is 1.87. The van der Waals surface area contributed by atoms with Gasteiger partial charge in [0.15, 0.2) is 0 Å². The number of hydrogen-bond donors (Lipinski definition) is 4. The third kappa shape index (κ3) is 8.84. The van der Waals surface area contributed by atoms with Crippen molar-refractivity contribution in [2.24, 2.45) is 0 Å². The lowest BCUT2D eigenvalue weighted by Crippen LogP contribution is -2.56. The Labute approximate surface area is 262 Å². The first kappa shape index (κ1) is 33.0. The molecule has 1 atom stereocenters. The Morgan fingerprint density at radius 3 is 2.24 bits per heavy atom. The lowest BCUT2D eigenvalue weighted by atomic mass is 10.1. The normalized spacial score (nSPS) is 14.6. The largest absolute Gasteiger partial charge is 0.453 e. The number of H-pyrrole nitrogens is 1. The number of ether oxygens (including phenoxy) is 1. The van der Waals surface area contributed by atoms with Crippen LogP contribution in [0.4, 0.5) is 15.3 Å². The van der Waals surface area contributed by atoms with Crippen LogP contribution >= 0.6 is 0 Å². The first-order chi connectivity index (χ1) is 21.8. The summed E-state index contributed by atoms with van der Waals surface area (Å²) in [5, 5.41) is 8.90. The number of carbonyl (C=O) groups is 5. The molecule has 0 spiro atoms. The fraction of sp³-hybridized carbons (Fsp3) is 0.424. The van der Waals surface area contributed by atoms with Crippen molar-refractivity contribution in [3.8, 4) is 0 Å². The molecule has 2 aromatic carbocycles. The number of aromatic nitrogens is 1. The molecule has 2 heterocycles. The van der Waals surface area contributed by atoms with Gasteiger partial charge in [0.05, 0.1) is 23.9 Å². The Morgan fingerprint density at radius 2 is 1.56 bits per heavy atom. The van der Waals surface area contributed by atoms with Crippen LogP contribution in [-0.4, -0.2) is 90.4 Å². The number of urea groups is 1. The third-order valence-electron chi connectivity index (χ3n) is 7.94. The lowest BCUT2D eigenvalue weighted by Gasteiger charge is -2.39. The van der Waals surface area contributed by atoms with Crippen LogP contribution in [0.15, 0.2) is 54.7 Å². The summed E-state index contributed by atoms with van der Waals surface area (Å²) >= 11 is 0. The first-order valence-electron chi connectivity index (χ1n) is 15.5. The van der Waals surface area contributed by atoms with Crippen LogP contribution in [0, 0.1) is 0 Å². The molecule has 1 fully saturated rings. The molecular weight excluding hydrogens is 576 g/mol. The molecule has 45 heavy (non-hydrogen) atoms. The molecule has 1 saturated heterocycles. The average molecular weight is 619 g/mol. The van der Waals surface area contributed by atoms with Gasteiger partial charge in [0.25, 0.3) is 17.6 Å². The molecule has 4 rings (SSSR count). The molecule has 0 bridgehead atoms. The van der Waals surface area contributed by atoms with Crippen LogP contribution in [0.5, 0.6) is 0 Å². The second kappa shape index (κ2) is 16.3. The molecule has 1 aliphatic heterocycles. The summed E-state index contributed by atoms with van der Waals surface area (Å²) in [5.74, 6) is -1.36. The number of aromatic amines is 1. The van der Waals surface area contributed by atoms with E-state index in [4.69, 9.17) is 0 Å². The highest BCUT2D eigenvalue weighted by molar-refractivity contribution is 6.45. The zero-order chi connectivity index (χ0) is 32.2. The maximum atomic E-state index is 13.4. The van der Waals surface area contributed by atoms with E-state index in [2.05, 4.69) is 25.7 Å². The van der Waals surface area contributed by atoms with Crippen molar-refractivity contribution < 1.29 is 28.7 Å². The van der Waals surface area contributed by atoms with Gasteiger partial charge in [0.1, 0.15) is 0 Å². The molecule has 5 amide bonds. The molecule has 1 unspecified atom stereocenters. The number of rotatable bonds is 13. The van der Waals surface area contributed by atoms with Crippen molar-refractivity contribution >= 4 is 46.3 Å². The number of Topliss-reactive ketones (excluding diaryl/α,β-unsaturated/α-hetero) is 1. The molecule has 1 aliphatic rings. The van der Waals surface area contributed by atoms with Crippen LogP contribution in [0.1, 0.15) is 66.2 Å². The quantitative estimate of drug-likeness (QED) is 0.125. The number of nitrogens with one attached hydrogen (secondary N) is 4. The van der Waals surface area contributed by atoms with Crippen LogP contribution in [0.25, 0.3) is 10.9 Å². The summed E-state index contributed by atoms with van der Waals surface area (Å²) in [7, 11) is 1.34. The minimum absolute atomic E-state index is 0.0972. The summed E-state index contributed by atoms with van der Waals surface area (Å²) in [6.07, 6.45) is 6.91. The second-order valence-electron chi connectivity index (χ2n) is 11.1. The zero-order valence-electron chi connectivity index (χ0n) is 25.9. The average Bonchev–Trinajstić information content (AvgIpc) is 3.50. The van der Waals surface area contributed by atoms with Gasteiger partial charge >= 0.3 is 12.1 Å². The van der Waals surface area contributed by atoms with Gasteiger partial charge in [-0.1, -0.05) is 56.0 Å². The number of fused-ring (bicyclic) bond motifs is 1. The van der Waals surface area contributed by atoms with Gasteiger partial charge in [-0.25, -0.2) is 9.59 Å². The Balaban J connectivity index is 1.23. The Kier molecular flexibility index (Phi) is 11.9. The van der Waals surface area contributed by atoms with E-state index < -0.39 is 17.8 Å². The molecule has 12 nitrogen and oxygen atoms in total. The van der Waals surface area contributed by atoms with E-state index in [1.54, 1.807) is 35.2 Å². The summed E-state index contributed by atoms with van der Waals surface area (Å²) in [6, 6.07) is 13.5. The van der Waals surface area contributed by atoms with Gasteiger partial charge in [-0.2, -0.15) is 0 Å². The molecule has 12 heteroatoms. The van der Waals surface area contributed by atoms with Crippen molar-refractivity contribution in [2.75, 3.05) is 45.2 Å². The molecule has 1 aromatic heterocycles. The summed E-state index contributed by atoms with van der Waals surface area (Å²) in [4.78, 5) is 69.4. The van der Waals surface area contributed by atoms with E-state index in [-0.39, 0.29) is 30.1 Å². The van der Waals surface area contributed by atoms with Crippen molar-refractivity contribution in [1.82, 2.24) is 25.4 Å². The summed E-state index contributed by atoms with van der Waals surface area (Å²) < 4.78 is 4.53. The first-order valence-corrected chi connectivity index (χ1v) is 15.5. The Bertz CT molecular complexity index is 1490. The predicted molar refractivity (Wildman–Crippen MR) is 171 cm³/mol. The SMILES string of the molecule is COC(=O)NCCCCCCCCNC(=O)Nc1cccc2c(C(=O)C(=O)N3CCN(C(=O)c4ccccc4)CC3C)c[nH]c12. The smallest absolute Gasteiger partial charge is 0.406 e. The highest BCUT2D eigenvalue weighted by Crippen LogP contribution is 2.27. The van der Waals surface area contributed by atoms with E-state index in [9.17, 15) is 24.0 Å². The maximum absolute atomic E-state index is 13.4. The van der Waals surface area contributed by atoms with Crippen LogP contribution in [0.3, 0.4) is 0 Å². The number of amides is 5. The number of carbonyl (C=O) groups excluding carboxylic acids is 5. The number of alkyl carbamates (subject to hydrolysis) is 1. The molecule has 4 N–H and O–H groups in total. The number of nitrogens with zero attached hydrogens (tertiary/aromatic N) is 2. The van der Waals surface area contributed by atoms with Crippen molar-refractivity contribution in [2.45, 2.75) is 51.5 Å². The minimum atomic E-state index is -0.641. The number of unbranched alkanes of at least 4 members (excludes halogenated alkanes) is 5. The lowest BCUT2D eigenvalue weighted by molar-refractivity contribution is -0.130. The predicted octanol–water partition coefficient (Wildman–Crippen LogP) is 4.54. The van der Waals surface area contributed by atoms with Crippen LogP contribution in [0.2, 0.25) is 0 Å². The van der Waals surface area contributed by atoms with Gasteiger partial charge in [-0.15, -0.1) is 0 Å². The van der Waals surface area contributed by atoms with E-state index >= 15 is 0 Å². The standard InChI is InChI=1S/C33H42N6O6/c1-23-22-38(30(41)24-13-8-7-9-14-24)19-20-39(23)31(42)29(40)26-21-36-28-25(26)15-12-16-27(28)37-32(43)34-17-10-5-3-4-6-11-18-35-33(44)45-2/h7-9,12-16,21,23,36H,3-6,10-11,17-20,22H2,1-2H3,(H,35,44)(H2,34,37,43). The molecule has 0 saturated carbocycles. The van der Waals surface area contributed by atoms with Crippen LogP contribution in [-0.2, 0) is 9.53 Å². The van der Waals surface area contributed by atoms with E-state index in [0.717, 1.165) is 38.5 Å². The minimum Gasteiger partial charge on any atom is -0.453 e. The monoisotopic (exact) mass is 618 g/mol. The van der Waals surface area contributed by atoms with Gasteiger partial charge in [-0.3, -0.25) is 14.4 Å². The van der Waals surface area contributed by atoms with Crippen molar-refractivity contribution in [1.29, 1.82) is 0 Å². The number of para-hydroxylation sites is 1. The van der Waals surface area contributed by atoms with Gasteiger partial charge < -0.3 is 35.5 Å². The number of anilines is 1. The number of hydrogen-bond acceptors (Lipinski definition) is 6. The van der Waals surface area contributed by atoms with E-state index in [1.807, 2.05) is 25.1 Å². The molecule has 0 radical (unpaired) electrons. The second-order valence-corrected chi connectivity index (χ2v) is 11.1. The van der Waals surface area contributed by atoms with Gasteiger partial charge in [0, 0.05) is 55.9 Å². The molecule has 0 aliphatic carbocycles. The molecule has 3 aromatic rings. The molecule has 240 valence electrons. The highest BCUT2D eigenvalue weighted by atomic mass is 16.5. The fourth-order valence-corrected chi connectivity index (χ4v) is 5.49. The Hall–Kier alpha value is -4.87. The molecular formula is C33H42N6O6. The van der Waals surface area contributed by atoms with Gasteiger partial charge in [-0.05, 0) is 38.0 Å². The third-order valence-corrected chi connectivity index (χ3v) is 7.94. The number of ketones is 1. The van der Waals surface area contributed by atoms with E-state index in [1.165, 1.54) is 18.2 Å². The topological polar surface area (TPSA) is 153 Å². The van der Waals surface area contributed by atoms with Crippen molar-refractivity contribution in [3.05, 3.63) is 65.9 Å². The summed E-state index contributed by atoms with van der Waals surface area (Å²) in [6.45, 7) is 3.89. The van der Waals surface area contributed by atoms with E-state index in [0.29, 0.717) is 48.3 Å².